The number of carbonyl (C=O) groups is 1. The Morgan fingerprint density at radius 3 is 3.24 bits per heavy atom. The van der Waals surface area contributed by atoms with E-state index in [0.717, 1.165) is 18.7 Å². The van der Waals surface area contributed by atoms with E-state index < -0.39 is 0 Å². The number of hydrogen-bond donors (Lipinski definition) is 2. The van der Waals surface area contributed by atoms with Crippen LogP contribution in [0.15, 0.2) is 24.4 Å². The molecule has 2 rings (SSSR count). The number of rotatable bonds is 4. The summed E-state index contributed by atoms with van der Waals surface area (Å²) < 4.78 is 5.35. The molecule has 1 saturated heterocycles. The van der Waals surface area contributed by atoms with Crippen molar-refractivity contribution in [3.8, 4) is 0 Å². The molecule has 0 unspecified atom stereocenters. The second kappa shape index (κ2) is 6.32. The zero-order valence-electron chi connectivity index (χ0n) is 9.69. The summed E-state index contributed by atoms with van der Waals surface area (Å²) >= 11 is 0. The quantitative estimate of drug-likeness (QED) is 0.754. The highest BCUT2D eigenvalue weighted by molar-refractivity contribution is 5.81. The van der Waals surface area contributed by atoms with E-state index in [4.69, 9.17) is 4.74 Å². The molecule has 1 aliphatic rings. The lowest BCUT2D eigenvalue weighted by Crippen LogP contribution is -2.48. The van der Waals surface area contributed by atoms with Crippen LogP contribution in [0.2, 0.25) is 0 Å². The maximum atomic E-state index is 11.7. The summed E-state index contributed by atoms with van der Waals surface area (Å²) in [6.07, 6.45) is 2.14. The van der Waals surface area contributed by atoms with Crippen LogP contribution in [-0.4, -0.2) is 43.2 Å². The molecule has 0 aromatic carbocycles. The van der Waals surface area contributed by atoms with Gasteiger partial charge < -0.3 is 15.4 Å². The lowest BCUT2D eigenvalue weighted by Gasteiger charge is -2.22. The molecular weight excluding hydrogens is 218 g/mol. The zero-order chi connectivity index (χ0) is 11.9. The van der Waals surface area contributed by atoms with Crippen LogP contribution in [0, 0.1) is 0 Å². The smallest absolute Gasteiger partial charge is 0.250 e. The van der Waals surface area contributed by atoms with E-state index >= 15 is 0 Å². The zero-order valence-corrected chi connectivity index (χ0v) is 9.69. The van der Waals surface area contributed by atoms with Crippen molar-refractivity contribution in [2.45, 2.75) is 12.5 Å². The van der Waals surface area contributed by atoms with Gasteiger partial charge in [0, 0.05) is 37.9 Å². The molecule has 1 fully saturated rings. The standard InChI is InChI=1S/C12H17N3O2/c16-12(11-9-13-7-8-17-11)15-6-4-10-3-1-2-5-14-10/h1-3,5,11,13H,4,6-9H2,(H,15,16)/t11-/m1/s1. The van der Waals surface area contributed by atoms with Crippen molar-refractivity contribution in [2.75, 3.05) is 26.2 Å². The highest BCUT2D eigenvalue weighted by atomic mass is 16.5. The van der Waals surface area contributed by atoms with Gasteiger partial charge in [-0.3, -0.25) is 9.78 Å². The van der Waals surface area contributed by atoms with Gasteiger partial charge in [-0.1, -0.05) is 6.07 Å². The number of carbonyl (C=O) groups excluding carboxylic acids is 1. The van der Waals surface area contributed by atoms with Gasteiger partial charge in [-0.2, -0.15) is 0 Å². The van der Waals surface area contributed by atoms with Crippen molar-refractivity contribution in [3.63, 3.8) is 0 Å². The molecule has 92 valence electrons. The average molecular weight is 235 g/mol. The Bertz CT molecular complexity index is 350. The Hall–Kier alpha value is -1.46. The van der Waals surface area contributed by atoms with Gasteiger partial charge in [0.05, 0.1) is 6.61 Å². The van der Waals surface area contributed by atoms with Gasteiger partial charge in [0.15, 0.2) is 0 Å². The van der Waals surface area contributed by atoms with Crippen LogP contribution in [0.3, 0.4) is 0 Å². The van der Waals surface area contributed by atoms with E-state index in [-0.39, 0.29) is 12.0 Å². The number of amides is 1. The van der Waals surface area contributed by atoms with Gasteiger partial charge >= 0.3 is 0 Å². The predicted octanol–water partition coefficient (Wildman–Crippen LogP) is -0.271. The number of aromatic nitrogens is 1. The van der Waals surface area contributed by atoms with E-state index in [1.807, 2.05) is 18.2 Å². The molecule has 5 nitrogen and oxygen atoms in total. The number of morpholine rings is 1. The van der Waals surface area contributed by atoms with Crippen LogP contribution in [0.4, 0.5) is 0 Å². The van der Waals surface area contributed by atoms with Gasteiger partial charge in [0.25, 0.3) is 0 Å². The fourth-order valence-corrected chi connectivity index (χ4v) is 1.71. The molecule has 0 saturated carbocycles. The summed E-state index contributed by atoms with van der Waals surface area (Å²) in [5.74, 6) is -0.0480. The summed E-state index contributed by atoms with van der Waals surface area (Å²) in [7, 11) is 0. The van der Waals surface area contributed by atoms with Crippen LogP contribution < -0.4 is 10.6 Å². The van der Waals surface area contributed by atoms with Crippen molar-refractivity contribution >= 4 is 5.91 Å². The number of pyridine rings is 1. The highest BCUT2D eigenvalue weighted by Crippen LogP contribution is 1.97. The molecule has 1 aliphatic heterocycles. The first-order valence-electron chi connectivity index (χ1n) is 5.86. The third kappa shape index (κ3) is 3.80. The minimum Gasteiger partial charge on any atom is -0.366 e. The molecule has 1 amide bonds. The normalized spacial score (nSPS) is 19.9. The molecule has 2 N–H and O–H groups in total. The van der Waals surface area contributed by atoms with Gasteiger partial charge in [-0.05, 0) is 12.1 Å². The summed E-state index contributed by atoms with van der Waals surface area (Å²) in [4.78, 5) is 15.9. The van der Waals surface area contributed by atoms with Crippen molar-refractivity contribution in [3.05, 3.63) is 30.1 Å². The second-order valence-corrected chi connectivity index (χ2v) is 3.93. The topological polar surface area (TPSA) is 63.2 Å². The molecule has 17 heavy (non-hydrogen) atoms. The first kappa shape index (κ1) is 12.0. The van der Waals surface area contributed by atoms with Crippen molar-refractivity contribution < 1.29 is 9.53 Å². The molecule has 5 heteroatoms. The van der Waals surface area contributed by atoms with Crippen LogP contribution in [0.1, 0.15) is 5.69 Å². The van der Waals surface area contributed by atoms with E-state index in [9.17, 15) is 4.79 Å². The Labute approximate surface area is 101 Å². The SMILES string of the molecule is O=C(NCCc1ccccn1)[C@H]1CNCCO1. The van der Waals surface area contributed by atoms with Crippen molar-refractivity contribution in [1.29, 1.82) is 0 Å². The van der Waals surface area contributed by atoms with Crippen molar-refractivity contribution in [1.82, 2.24) is 15.6 Å². The Morgan fingerprint density at radius 2 is 2.53 bits per heavy atom. The van der Waals surface area contributed by atoms with Gasteiger partial charge in [-0.25, -0.2) is 0 Å². The van der Waals surface area contributed by atoms with Crippen molar-refractivity contribution in [2.24, 2.45) is 0 Å². The summed E-state index contributed by atoms with van der Waals surface area (Å²) in [6.45, 7) is 2.60. The Balaban J connectivity index is 1.69. The molecule has 0 aliphatic carbocycles. The number of nitrogens with one attached hydrogen (secondary N) is 2. The maximum Gasteiger partial charge on any atom is 0.250 e. The predicted molar refractivity (Wildman–Crippen MR) is 63.6 cm³/mol. The fraction of sp³-hybridized carbons (Fsp3) is 0.500. The monoisotopic (exact) mass is 235 g/mol. The minimum atomic E-state index is -0.354. The number of nitrogens with zero attached hydrogens (tertiary/aromatic N) is 1. The first-order valence-corrected chi connectivity index (χ1v) is 5.86. The molecule has 1 atom stereocenters. The van der Waals surface area contributed by atoms with Gasteiger partial charge in [0.1, 0.15) is 6.10 Å². The molecular formula is C12H17N3O2. The average Bonchev–Trinajstić information content (AvgIpc) is 2.41. The van der Waals surface area contributed by atoms with E-state index in [1.54, 1.807) is 6.20 Å². The van der Waals surface area contributed by atoms with E-state index in [2.05, 4.69) is 15.6 Å². The van der Waals surface area contributed by atoms with E-state index in [0.29, 0.717) is 19.7 Å². The van der Waals surface area contributed by atoms with Gasteiger partial charge in [0.2, 0.25) is 5.91 Å². The third-order valence-corrected chi connectivity index (χ3v) is 2.63. The van der Waals surface area contributed by atoms with Crippen LogP contribution in [-0.2, 0) is 16.0 Å². The minimum absolute atomic E-state index is 0.0480. The first-order chi connectivity index (χ1) is 8.36. The van der Waals surface area contributed by atoms with Crippen LogP contribution in [0.25, 0.3) is 0 Å². The molecule has 2 heterocycles. The van der Waals surface area contributed by atoms with Gasteiger partial charge in [-0.15, -0.1) is 0 Å². The summed E-state index contributed by atoms with van der Waals surface area (Å²) in [5, 5.41) is 5.98. The number of ether oxygens (including phenoxy) is 1. The molecule has 0 radical (unpaired) electrons. The second-order valence-electron chi connectivity index (χ2n) is 3.93. The molecule has 1 aromatic heterocycles. The highest BCUT2D eigenvalue weighted by Gasteiger charge is 2.20. The van der Waals surface area contributed by atoms with E-state index in [1.165, 1.54) is 0 Å². The fourth-order valence-electron chi connectivity index (χ4n) is 1.71. The largest absolute Gasteiger partial charge is 0.366 e. The molecule has 0 spiro atoms. The lowest BCUT2D eigenvalue weighted by molar-refractivity contribution is -0.134. The van der Waals surface area contributed by atoms with Crippen LogP contribution >= 0.6 is 0 Å². The Kier molecular flexibility index (Phi) is 4.46. The number of hydrogen-bond acceptors (Lipinski definition) is 4. The maximum absolute atomic E-state index is 11.7. The molecule has 0 bridgehead atoms. The summed E-state index contributed by atoms with van der Waals surface area (Å²) in [6, 6.07) is 5.77. The lowest BCUT2D eigenvalue weighted by atomic mass is 10.2. The molecule has 1 aromatic rings. The van der Waals surface area contributed by atoms with Crippen LogP contribution in [0.5, 0.6) is 0 Å². The summed E-state index contributed by atoms with van der Waals surface area (Å²) in [5.41, 5.74) is 0.982. The Morgan fingerprint density at radius 1 is 1.59 bits per heavy atom. The third-order valence-electron chi connectivity index (χ3n) is 2.63.